The molecular formula is C23H25ClFN7O5. The summed E-state index contributed by atoms with van der Waals surface area (Å²) in [6.07, 6.45) is -0.601. The number of esters is 1. The van der Waals surface area contributed by atoms with Crippen molar-refractivity contribution in [1.82, 2.24) is 25.3 Å². The molecule has 37 heavy (non-hydrogen) atoms. The summed E-state index contributed by atoms with van der Waals surface area (Å²) in [6, 6.07) is 8.21. The number of nitrogens with one attached hydrogen (secondary N) is 2. The fourth-order valence-electron chi connectivity index (χ4n) is 3.07. The molecule has 0 saturated heterocycles. The zero-order valence-corrected chi connectivity index (χ0v) is 21.2. The molecule has 12 nitrogen and oxygen atoms in total. The van der Waals surface area contributed by atoms with E-state index in [0.29, 0.717) is 5.56 Å². The van der Waals surface area contributed by atoms with Gasteiger partial charge in [-0.25, -0.2) is 9.78 Å². The number of aryl methyl sites for hydroxylation is 1. The summed E-state index contributed by atoms with van der Waals surface area (Å²) in [5.74, 6) is -2.33. The van der Waals surface area contributed by atoms with E-state index in [4.69, 9.17) is 21.1 Å². The van der Waals surface area contributed by atoms with E-state index in [1.54, 1.807) is 37.4 Å². The summed E-state index contributed by atoms with van der Waals surface area (Å²) in [6.45, 7) is 3.13. The molecule has 0 aliphatic rings. The van der Waals surface area contributed by atoms with E-state index in [9.17, 15) is 18.8 Å². The molecule has 1 unspecified atom stereocenters. The van der Waals surface area contributed by atoms with Crippen molar-refractivity contribution < 1.29 is 28.2 Å². The van der Waals surface area contributed by atoms with Gasteiger partial charge in [0.1, 0.15) is 12.4 Å². The maximum Gasteiger partial charge on any atom is 0.417 e. The molecular weight excluding hydrogens is 509 g/mol. The van der Waals surface area contributed by atoms with Crippen LogP contribution in [0.25, 0.3) is 0 Å². The Bertz CT molecular complexity index is 1300. The summed E-state index contributed by atoms with van der Waals surface area (Å²) in [7, 11) is 3.01. The molecule has 0 aliphatic heterocycles. The summed E-state index contributed by atoms with van der Waals surface area (Å²) in [5.41, 5.74) is 1.00. The van der Waals surface area contributed by atoms with Crippen molar-refractivity contribution >= 4 is 41.1 Å². The summed E-state index contributed by atoms with van der Waals surface area (Å²) < 4.78 is 24.9. The fourth-order valence-corrected chi connectivity index (χ4v) is 3.35. The van der Waals surface area contributed by atoms with Gasteiger partial charge in [0, 0.05) is 18.8 Å². The van der Waals surface area contributed by atoms with E-state index >= 15 is 0 Å². The second-order valence-electron chi connectivity index (χ2n) is 7.82. The number of anilines is 2. The second-order valence-corrected chi connectivity index (χ2v) is 8.22. The van der Waals surface area contributed by atoms with Gasteiger partial charge in [-0.3, -0.25) is 14.5 Å². The summed E-state index contributed by atoms with van der Waals surface area (Å²) >= 11 is 6.11. The molecule has 0 saturated carbocycles. The normalized spacial score (nSPS) is 11.5. The van der Waals surface area contributed by atoms with Crippen molar-refractivity contribution in [1.29, 1.82) is 0 Å². The van der Waals surface area contributed by atoms with Crippen molar-refractivity contribution in [3.05, 3.63) is 64.3 Å². The van der Waals surface area contributed by atoms with Crippen molar-refractivity contribution in [3.63, 3.8) is 0 Å². The Labute approximate surface area is 216 Å². The molecule has 3 aromatic rings. The Balaban J connectivity index is 1.68. The van der Waals surface area contributed by atoms with Crippen LogP contribution in [0.1, 0.15) is 34.8 Å². The van der Waals surface area contributed by atoms with Crippen LogP contribution in [0, 0.1) is 12.9 Å². The average Bonchev–Trinajstić information content (AvgIpc) is 3.26. The molecule has 0 spiro atoms. The number of ether oxygens (including phenoxy) is 2. The third-order valence-electron chi connectivity index (χ3n) is 4.94. The van der Waals surface area contributed by atoms with Gasteiger partial charge in [0.25, 0.3) is 11.9 Å². The maximum absolute atomic E-state index is 14.4. The molecule has 0 aliphatic carbocycles. The number of rotatable bonds is 9. The van der Waals surface area contributed by atoms with Gasteiger partial charge in [-0.05, 0) is 44.7 Å². The predicted molar refractivity (Wildman–Crippen MR) is 132 cm³/mol. The van der Waals surface area contributed by atoms with Gasteiger partial charge >= 0.3 is 12.1 Å². The lowest BCUT2D eigenvalue weighted by molar-refractivity contribution is -0.143. The number of carbonyl (C=O) groups is 3. The van der Waals surface area contributed by atoms with Crippen LogP contribution in [0.15, 0.2) is 36.5 Å². The molecule has 0 radical (unpaired) electrons. The van der Waals surface area contributed by atoms with Gasteiger partial charge in [0.15, 0.2) is 0 Å². The van der Waals surface area contributed by atoms with Crippen LogP contribution in [0.3, 0.4) is 0 Å². The van der Waals surface area contributed by atoms with Gasteiger partial charge in [-0.15, -0.1) is 15.0 Å². The SMILES string of the molecule is CNCC(=O)OCc1cccnc1N(C)C(=O)OC(C)n1nc(F)c(C(=O)Nc2ccc(C)cc2Cl)n1. The molecule has 2 heterocycles. The molecule has 196 valence electrons. The standard InChI is InChI=1S/C23H25ClFN7O5/c1-13-7-8-17(16(24)10-13)28-22(34)19-20(25)30-32(29-19)14(2)37-23(35)31(4)21-15(6-5-9-27-21)12-36-18(33)11-26-3/h5-10,14,26H,11-12H2,1-4H3,(H,28,34). The average molecular weight is 534 g/mol. The van der Waals surface area contributed by atoms with Crippen LogP contribution in [0.2, 0.25) is 5.02 Å². The number of hydrogen-bond acceptors (Lipinski definition) is 9. The largest absolute Gasteiger partial charge is 0.460 e. The molecule has 1 aromatic carbocycles. The minimum Gasteiger partial charge on any atom is -0.460 e. The zero-order chi connectivity index (χ0) is 27.1. The molecule has 0 fully saturated rings. The number of likely N-dealkylation sites (N-methyl/N-ethyl adjacent to an activating group) is 1. The first-order chi connectivity index (χ1) is 17.6. The third-order valence-corrected chi connectivity index (χ3v) is 5.25. The van der Waals surface area contributed by atoms with E-state index in [1.807, 2.05) is 6.92 Å². The van der Waals surface area contributed by atoms with E-state index in [2.05, 4.69) is 25.8 Å². The first-order valence-corrected chi connectivity index (χ1v) is 11.4. The molecule has 2 aromatic heterocycles. The van der Waals surface area contributed by atoms with Crippen LogP contribution in [-0.4, -0.2) is 58.6 Å². The summed E-state index contributed by atoms with van der Waals surface area (Å²) in [5, 5.41) is 12.8. The van der Waals surface area contributed by atoms with E-state index in [1.165, 1.54) is 20.2 Å². The smallest absolute Gasteiger partial charge is 0.417 e. The Kier molecular flexibility index (Phi) is 9.09. The van der Waals surface area contributed by atoms with Gasteiger partial charge in [0.05, 0.1) is 17.3 Å². The number of hydrogen-bond donors (Lipinski definition) is 2. The van der Waals surface area contributed by atoms with Crippen molar-refractivity contribution in [3.8, 4) is 0 Å². The van der Waals surface area contributed by atoms with Crippen molar-refractivity contribution in [2.75, 3.05) is 30.9 Å². The van der Waals surface area contributed by atoms with Crippen molar-refractivity contribution in [2.24, 2.45) is 0 Å². The number of aromatic nitrogens is 4. The third kappa shape index (κ3) is 6.98. The highest BCUT2D eigenvalue weighted by Crippen LogP contribution is 2.24. The highest BCUT2D eigenvalue weighted by Gasteiger charge is 2.25. The predicted octanol–water partition coefficient (Wildman–Crippen LogP) is 3.08. The first-order valence-electron chi connectivity index (χ1n) is 11.0. The second kappa shape index (κ2) is 12.2. The number of carbonyl (C=O) groups excluding carboxylic acids is 3. The Hall–Kier alpha value is -4.10. The minimum atomic E-state index is -1.19. The summed E-state index contributed by atoms with van der Waals surface area (Å²) in [4.78, 5) is 42.9. The number of halogens is 2. The van der Waals surface area contributed by atoms with E-state index in [0.717, 1.165) is 15.3 Å². The lowest BCUT2D eigenvalue weighted by Crippen LogP contribution is -2.31. The van der Waals surface area contributed by atoms with Gasteiger partial charge < -0.3 is 20.1 Å². The number of pyridine rings is 1. The van der Waals surface area contributed by atoms with Crippen LogP contribution < -0.4 is 15.5 Å². The molecule has 0 bridgehead atoms. The molecule has 2 amide bonds. The van der Waals surface area contributed by atoms with Crippen LogP contribution in [0.4, 0.5) is 20.7 Å². The Morgan fingerprint density at radius 3 is 2.70 bits per heavy atom. The maximum atomic E-state index is 14.4. The minimum absolute atomic E-state index is 0.0243. The van der Waals surface area contributed by atoms with Gasteiger partial charge in [-0.2, -0.15) is 4.39 Å². The quantitative estimate of drug-likeness (QED) is 0.397. The zero-order valence-electron chi connectivity index (χ0n) is 20.5. The monoisotopic (exact) mass is 533 g/mol. The highest BCUT2D eigenvalue weighted by atomic mass is 35.5. The Morgan fingerprint density at radius 1 is 1.24 bits per heavy atom. The molecule has 3 rings (SSSR count). The molecule has 14 heteroatoms. The highest BCUT2D eigenvalue weighted by molar-refractivity contribution is 6.34. The van der Waals surface area contributed by atoms with Crippen molar-refractivity contribution in [2.45, 2.75) is 26.7 Å². The lowest BCUT2D eigenvalue weighted by Gasteiger charge is -2.21. The van der Waals surface area contributed by atoms with E-state index in [-0.39, 0.29) is 29.7 Å². The molecule has 2 N–H and O–H groups in total. The number of benzene rings is 1. The van der Waals surface area contributed by atoms with Gasteiger partial charge in [0.2, 0.25) is 11.9 Å². The topological polar surface area (TPSA) is 141 Å². The first kappa shape index (κ1) is 27.5. The number of nitrogens with zero attached hydrogens (tertiary/aromatic N) is 5. The number of amides is 2. The van der Waals surface area contributed by atoms with Crippen LogP contribution in [-0.2, 0) is 20.9 Å². The lowest BCUT2D eigenvalue weighted by atomic mass is 10.2. The molecule has 1 atom stereocenters. The van der Waals surface area contributed by atoms with Gasteiger partial charge in [-0.1, -0.05) is 23.7 Å². The van der Waals surface area contributed by atoms with Crippen LogP contribution in [0.5, 0.6) is 0 Å². The van der Waals surface area contributed by atoms with Crippen LogP contribution >= 0.6 is 11.6 Å². The Morgan fingerprint density at radius 2 is 2.00 bits per heavy atom. The fraction of sp³-hybridized carbons (Fsp3) is 0.304. The van der Waals surface area contributed by atoms with E-state index < -0.39 is 35.8 Å².